The minimum atomic E-state index is -0.0390. The second-order valence-corrected chi connectivity index (χ2v) is 14.1. The van der Waals surface area contributed by atoms with E-state index in [4.69, 9.17) is 0 Å². The molecule has 2 heteroatoms. The summed E-state index contributed by atoms with van der Waals surface area (Å²) in [5.41, 5.74) is 1.08. The van der Waals surface area contributed by atoms with Crippen LogP contribution < -0.4 is 0 Å². The molecule has 0 amide bonds. The molecule has 0 aromatic heterocycles. The van der Waals surface area contributed by atoms with Crippen molar-refractivity contribution in [3.8, 4) is 0 Å². The molecule has 0 saturated heterocycles. The van der Waals surface area contributed by atoms with E-state index in [0.717, 1.165) is 54.3 Å². The Labute approximate surface area is 194 Å². The van der Waals surface area contributed by atoms with Crippen molar-refractivity contribution in [3.63, 3.8) is 0 Å². The summed E-state index contributed by atoms with van der Waals surface area (Å²) in [6.45, 7) is 12.7. The van der Waals surface area contributed by atoms with Gasteiger partial charge in [0.1, 0.15) is 0 Å². The number of rotatable bonds is 5. The zero-order valence-electron chi connectivity index (χ0n) is 19.8. The Bertz CT molecular complexity index is 575. The van der Waals surface area contributed by atoms with Gasteiger partial charge in [-0.2, -0.15) is 0 Å². The molecule has 0 heterocycles. The normalized spacial score (nSPS) is 50.7. The molecule has 4 saturated carbocycles. The van der Waals surface area contributed by atoms with Gasteiger partial charge in [0.25, 0.3) is 0 Å². The molecule has 4 aliphatic carbocycles. The van der Waals surface area contributed by atoms with Crippen LogP contribution >= 0.6 is 22.6 Å². The maximum atomic E-state index is 10.4. The molecule has 0 spiro atoms. The third-order valence-corrected chi connectivity index (χ3v) is 12.7. The lowest BCUT2D eigenvalue weighted by Gasteiger charge is -2.62. The van der Waals surface area contributed by atoms with Crippen LogP contribution in [0.1, 0.15) is 105 Å². The van der Waals surface area contributed by atoms with Crippen LogP contribution in [0.3, 0.4) is 0 Å². The second-order valence-electron chi connectivity index (χ2n) is 12.6. The van der Waals surface area contributed by atoms with Gasteiger partial charge in [0.15, 0.2) is 0 Å². The van der Waals surface area contributed by atoms with Crippen LogP contribution in [0.15, 0.2) is 0 Å². The van der Waals surface area contributed by atoms with E-state index in [2.05, 4.69) is 57.2 Å². The van der Waals surface area contributed by atoms with Crippen molar-refractivity contribution in [2.45, 2.75) is 115 Å². The van der Waals surface area contributed by atoms with Crippen LogP contribution in [0.25, 0.3) is 0 Å². The Balaban J connectivity index is 1.49. The molecule has 4 aliphatic rings. The number of fused-ring (bicyclic) bond motifs is 5. The average molecular weight is 515 g/mol. The van der Waals surface area contributed by atoms with Crippen LogP contribution in [0.2, 0.25) is 0 Å². The molecule has 168 valence electrons. The van der Waals surface area contributed by atoms with E-state index in [1.165, 1.54) is 57.8 Å². The standard InChI is InChI=1S/C27H47IO/c1-17(2)7-6-8-18(3)22-11-12-23-21-10-9-19-15-20(29)16-25(28)27(19,5)24(21)13-14-26(22,23)4/h17-25,29H,6-16H2,1-5H3/t18-,19-,20+,21-,22-,23+,24+,25?,26-,27+/m1/s1. The molecule has 0 aromatic rings. The van der Waals surface area contributed by atoms with Crippen molar-refractivity contribution in [2.24, 2.45) is 52.3 Å². The van der Waals surface area contributed by atoms with E-state index in [-0.39, 0.29) is 6.10 Å². The maximum absolute atomic E-state index is 10.4. The molecule has 0 bridgehead atoms. The van der Waals surface area contributed by atoms with Crippen molar-refractivity contribution in [3.05, 3.63) is 0 Å². The van der Waals surface area contributed by atoms with E-state index in [1.54, 1.807) is 0 Å². The molecule has 0 aliphatic heterocycles. The quantitative estimate of drug-likeness (QED) is 0.292. The van der Waals surface area contributed by atoms with Crippen LogP contribution in [0, 0.1) is 52.3 Å². The molecule has 0 aromatic carbocycles. The lowest BCUT2D eigenvalue weighted by molar-refractivity contribution is -0.123. The van der Waals surface area contributed by atoms with Gasteiger partial charge in [-0.05, 0) is 104 Å². The Morgan fingerprint density at radius 2 is 1.69 bits per heavy atom. The predicted molar refractivity (Wildman–Crippen MR) is 132 cm³/mol. The zero-order valence-corrected chi connectivity index (χ0v) is 22.0. The first-order valence-corrected chi connectivity index (χ1v) is 14.2. The summed E-state index contributed by atoms with van der Waals surface area (Å²) < 4.78 is 0.665. The topological polar surface area (TPSA) is 20.2 Å². The first-order chi connectivity index (χ1) is 13.7. The van der Waals surface area contributed by atoms with Crippen molar-refractivity contribution >= 4 is 22.6 Å². The van der Waals surface area contributed by atoms with Gasteiger partial charge in [0, 0.05) is 3.92 Å². The van der Waals surface area contributed by atoms with Gasteiger partial charge in [-0.1, -0.05) is 76.5 Å². The highest BCUT2D eigenvalue weighted by atomic mass is 127. The van der Waals surface area contributed by atoms with E-state index < -0.39 is 0 Å². The van der Waals surface area contributed by atoms with Crippen molar-refractivity contribution in [1.29, 1.82) is 0 Å². The fourth-order valence-electron chi connectivity index (χ4n) is 9.27. The minimum Gasteiger partial charge on any atom is -0.393 e. The molecule has 1 nitrogen and oxygen atoms in total. The highest BCUT2D eigenvalue weighted by Crippen LogP contribution is 2.69. The lowest BCUT2D eigenvalue weighted by Crippen LogP contribution is -2.57. The molecule has 10 atom stereocenters. The highest BCUT2D eigenvalue weighted by molar-refractivity contribution is 14.1. The predicted octanol–water partition coefficient (Wildman–Crippen LogP) is 7.88. The fourth-order valence-corrected chi connectivity index (χ4v) is 10.8. The summed E-state index contributed by atoms with van der Waals surface area (Å²) in [6.07, 6.45) is 15.2. The number of halogens is 1. The lowest BCUT2D eigenvalue weighted by atomic mass is 9.44. The first kappa shape index (κ1) is 22.9. The van der Waals surface area contributed by atoms with E-state index in [1.807, 2.05) is 0 Å². The third kappa shape index (κ3) is 3.87. The van der Waals surface area contributed by atoms with Crippen LogP contribution in [-0.2, 0) is 0 Å². The Morgan fingerprint density at radius 3 is 2.41 bits per heavy atom. The fraction of sp³-hybridized carbons (Fsp3) is 1.00. The van der Waals surface area contributed by atoms with Gasteiger partial charge in [0.2, 0.25) is 0 Å². The highest BCUT2D eigenvalue weighted by Gasteiger charge is 2.62. The second kappa shape index (κ2) is 8.56. The summed E-state index contributed by atoms with van der Waals surface area (Å²) in [6, 6.07) is 0. The van der Waals surface area contributed by atoms with Crippen molar-refractivity contribution < 1.29 is 5.11 Å². The summed E-state index contributed by atoms with van der Waals surface area (Å²) >= 11 is 2.73. The minimum absolute atomic E-state index is 0.0390. The van der Waals surface area contributed by atoms with Crippen molar-refractivity contribution in [1.82, 2.24) is 0 Å². The summed E-state index contributed by atoms with van der Waals surface area (Å²) in [4.78, 5) is 0. The first-order valence-electron chi connectivity index (χ1n) is 13.0. The van der Waals surface area contributed by atoms with Crippen LogP contribution in [-0.4, -0.2) is 15.1 Å². The molecule has 29 heavy (non-hydrogen) atoms. The number of hydrogen-bond donors (Lipinski definition) is 1. The Kier molecular flexibility index (Phi) is 6.75. The number of aliphatic hydroxyl groups excluding tert-OH is 1. The van der Waals surface area contributed by atoms with Gasteiger partial charge in [-0.3, -0.25) is 0 Å². The Morgan fingerprint density at radius 1 is 0.931 bits per heavy atom. The SMILES string of the molecule is CC(C)CCC[C@@H](C)[C@H]1CC[C@H]2[C@H]3CC[C@@H]4C[C@H](O)CC(I)[C@]4(C)[C@H]3CC[C@]12C. The third-order valence-electron chi connectivity index (χ3n) is 10.9. The molecule has 4 rings (SSSR count). The van der Waals surface area contributed by atoms with Crippen LogP contribution in [0.5, 0.6) is 0 Å². The van der Waals surface area contributed by atoms with E-state index in [9.17, 15) is 5.11 Å². The molecular formula is C27H47IO. The van der Waals surface area contributed by atoms with Gasteiger partial charge in [-0.25, -0.2) is 0 Å². The number of aliphatic hydroxyl groups is 1. The molecular weight excluding hydrogens is 467 g/mol. The van der Waals surface area contributed by atoms with Gasteiger partial charge >= 0.3 is 0 Å². The Hall–Kier alpha value is 0.690. The number of hydrogen-bond acceptors (Lipinski definition) is 1. The molecule has 1 N–H and O–H groups in total. The monoisotopic (exact) mass is 514 g/mol. The largest absolute Gasteiger partial charge is 0.393 e. The van der Waals surface area contributed by atoms with Gasteiger partial charge in [-0.15, -0.1) is 0 Å². The zero-order chi connectivity index (χ0) is 21.0. The summed E-state index contributed by atoms with van der Waals surface area (Å²) in [7, 11) is 0. The van der Waals surface area contributed by atoms with E-state index >= 15 is 0 Å². The van der Waals surface area contributed by atoms with Crippen LogP contribution in [0.4, 0.5) is 0 Å². The number of alkyl halides is 1. The van der Waals surface area contributed by atoms with E-state index in [0.29, 0.717) is 14.8 Å². The molecule has 4 fully saturated rings. The molecule has 1 unspecified atom stereocenters. The van der Waals surface area contributed by atoms with Gasteiger partial charge < -0.3 is 5.11 Å². The van der Waals surface area contributed by atoms with Gasteiger partial charge in [0.05, 0.1) is 6.10 Å². The summed E-state index contributed by atoms with van der Waals surface area (Å²) in [5.74, 6) is 6.37. The summed E-state index contributed by atoms with van der Waals surface area (Å²) in [5, 5.41) is 10.4. The molecule has 0 radical (unpaired) electrons. The average Bonchev–Trinajstić information content (AvgIpc) is 3.00. The maximum Gasteiger partial charge on any atom is 0.0553 e. The van der Waals surface area contributed by atoms with Crippen molar-refractivity contribution in [2.75, 3.05) is 0 Å². The smallest absolute Gasteiger partial charge is 0.0553 e.